The van der Waals surface area contributed by atoms with E-state index in [0.29, 0.717) is 13.1 Å². The second-order valence-electron chi connectivity index (χ2n) is 5.56. The molecule has 122 valence electrons. The van der Waals surface area contributed by atoms with Gasteiger partial charge in [-0.25, -0.2) is 8.42 Å². The highest BCUT2D eigenvalue weighted by molar-refractivity contribution is 7.93. The molecule has 1 aliphatic heterocycles. The molecular weight excluding hydrogens is 294 g/mol. The first-order valence-electron chi connectivity index (χ1n) is 7.39. The minimum absolute atomic E-state index is 0.226. The Morgan fingerprint density at radius 2 is 1.62 bits per heavy atom. The molecule has 7 heteroatoms. The summed E-state index contributed by atoms with van der Waals surface area (Å²) in [4.78, 5) is 25.3. The van der Waals surface area contributed by atoms with Crippen molar-refractivity contribution >= 4 is 21.7 Å². The molecule has 0 spiro atoms. The molecule has 0 aromatic heterocycles. The molecule has 1 saturated heterocycles. The van der Waals surface area contributed by atoms with E-state index in [0.717, 1.165) is 25.7 Å². The Labute approximate surface area is 126 Å². The molecule has 2 atom stereocenters. The highest BCUT2D eigenvalue weighted by Gasteiger charge is 2.36. The number of carbonyl (C=O) groups excluding carboxylic acids is 2. The van der Waals surface area contributed by atoms with E-state index in [2.05, 4.69) is 4.74 Å². The fourth-order valence-corrected chi connectivity index (χ4v) is 3.97. The number of ether oxygens (including phenoxy) is 1. The minimum Gasteiger partial charge on any atom is -0.469 e. The highest BCUT2D eigenvalue weighted by atomic mass is 32.2. The number of hydrogen-bond donors (Lipinski definition) is 0. The number of likely N-dealkylation sites (tertiary alicyclic amines) is 1. The first kappa shape index (κ1) is 17.9. The van der Waals surface area contributed by atoms with Crippen molar-refractivity contribution in [2.24, 2.45) is 0 Å². The van der Waals surface area contributed by atoms with E-state index < -0.39 is 26.3 Å². The molecular formula is C14H25NO5S. The molecule has 0 aromatic rings. The van der Waals surface area contributed by atoms with Crippen LogP contribution < -0.4 is 0 Å². The maximum Gasteiger partial charge on any atom is 0.306 e. The van der Waals surface area contributed by atoms with Crippen LogP contribution >= 0.6 is 0 Å². The van der Waals surface area contributed by atoms with Gasteiger partial charge in [0.25, 0.3) is 0 Å². The second kappa shape index (κ2) is 7.77. The van der Waals surface area contributed by atoms with Crippen molar-refractivity contribution in [1.82, 2.24) is 4.90 Å². The SMILES string of the molecule is COC(=O)CC(C)S(=O)(=O)C(C)C(=O)N1CCCCCC1. The summed E-state index contributed by atoms with van der Waals surface area (Å²) >= 11 is 0. The van der Waals surface area contributed by atoms with Crippen LogP contribution in [0.15, 0.2) is 0 Å². The largest absolute Gasteiger partial charge is 0.469 e. The molecule has 1 fully saturated rings. The van der Waals surface area contributed by atoms with Crippen LogP contribution in [0.3, 0.4) is 0 Å². The van der Waals surface area contributed by atoms with Crippen LogP contribution in [-0.4, -0.2) is 55.9 Å². The van der Waals surface area contributed by atoms with E-state index >= 15 is 0 Å². The Morgan fingerprint density at radius 3 is 2.10 bits per heavy atom. The van der Waals surface area contributed by atoms with Gasteiger partial charge in [-0.15, -0.1) is 0 Å². The molecule has 0 aliphatic carbocycles. The summed E-state index contributed by atoms with van der Waals surface area (Å²) in [5, 5.41) is -2.04. The zero-order chi connectivity index (χ0) is 16.0. The lowest BCUT2D eigenvalue weighted by Gasteiger charge is -2.25. The number of nitrogens with zero attached hydrogens (tertiary/aromatic N) is 1. The predicted octanol–water partition coefficient (Wildman–Crippen LogP) is 1.14. The molecule has 6 nitrogen and oxygen atoms in total. The maximum atomic E-state index is 12.4. The predicted molar refractivity (Wildman–Crippen MR) is 79.5 cm³/mol. The molecule has 1 amide bonds. The quantitative estimate of drug-likeness (QED) is 0.710. The Bertz CT molecular complexity index is 466. The number of sulfone groups is 1. The Kier molecular flexibility index (Phi) is 6.64. The standard InChI is InChI=1S/C14H25NO5S/c1-11(10-13(16)20-3)21(18,19)12(2)14(17)15-8-6-4-5-7-9-15/h11-12H,4-10H2,1-3H3. The number of amides is 1. The summed E-state index contributed by atoms with van der Waals surface area (Å²) in [5.74, 6) is -0.936. The summed E-state index contributed by atoms with van der Waals surface area (Å²) < 4.78 is 29.3. The van der Waals surface area contributed by atoms with Crippen molar-refractivity contribution in [2.45, 2.75) is 56.5 Å². The van der Waals surface area contributed by atoms with Gasteiger partial charge in [-0.1, -0.05) is 12.8 Å². The van der Waals surface area contributed by atoms with Crippen LogP contribution in [0.25, 0.3) is 0 Å². The van der Waals surface area contributed by atoms with Gasteiger partial charge in [0.2, 0.25) is 5.91 Å². The molecule has 0 radical (unpaired) electrons. The average molecular weight is 319 g/mol. The summed E-state index contributed by atoms with van der Waals surface area (Å²) in [5.41, 5.74) is 0. The van der Waals surface area contributed by atoms with Crippen molar-refractivity contribution in [3.63, 3.8) is 0 Å². The van der Waals surface area contributed by atoms with Crippen LogP contribution in [0.5, 0.6) is 0 Å². The van der Waals surface area contributed by atoms with Gasteiger partial charge in [-0.3, -0.25) is 9.59 Å². The van der Waals surface area contributed by atoms with E-state index in [4.69, 9.17) is 0 Å². The number of carbonyl (C=O) groups is 2. The lowest BCUT2D eigenvalue weighted by molar-refractivity contribution is -0.140. The van der Waals surface area contributed by atoms with Gasteiger partial charge in [0.05, 0.1) is 18.8 Å². The molecule has 0 aromatic carbocycles. The van der Waals surface area contributed by atoms with Crippen molar-refractivity contribution in [2.75, 3.05) is 20.2 Å². The smallest absolute Gasteiger partial charge is 0.306 e. The number of rotatable bonds is 5. The highest BCUT2D eigenvalue weighted by Crippen LogP contribution is 2.18. The Hall–Kier alpha value is -1.11. The van der Waals surface area contributed by atoms with Crippen LogP contribution in [0.4, 0.5) is 0 Å². The monoisotopic (exact) mass is 319 g/mol. The summed E-state index contributed by atoms with van der Waals surface area (Å²) in [6.45, 7) is 4.09. The van der Waals surface area contributed by atoms with E-state index in [9.17, 15) is 18.0 Å². The molecule has 0 N–H and O–H groups in total. The number of esters is 1. The van der Waals surface area contributed by atoms with Crippen molar-refractivity contribution in [3.8, 4) is 0 Å². The van der Waals surface area contributed by atoms with Crippen molar-refractivity contribution < 1.29 is 22.7 Å². The Balaban J connectivity index is 2.76. The molecule has 1 aliphatic rings. The first-order chi connectivity index (χ1) is 9.80. The number of hydrogen-bond acceptors (Lipinski definition) is 5. The topological polar surface area (TPSA) is 80.8 Å². The van der Waals surface area contributed by atoms with Crippen LogP contribution in [0, 0.1) is 0 Å². The van der Waals surface area contributed by atoms with Gasteiger partial charge in [0.1, 0.15) is 5.25 Å². The van der Waals surface area contributed by atoms with Crippen LogP contribution in [-0.2, 0) is 24.2 Å². The maximum absolute atomic E-state index is 12.4. The molecule has 21 heavy (non-hydrogen) atoms. The van der Waals surface area contributed by atoms with Gasteiger partial charge in [0.15, 0.2) is 9.84 Å². The van der Waals surface area contributed by atoms with Crippen LogP contribution in [0.2, 0.25) is 0 Å². The third-order valence-electron chi connectivity index (χ3n) is 4.00. The van der Waals surface area contributed by atoms with E-state index in [1.807, 2.05) is 0 Å². The molecule has 0 bridgehead atoms. The molecule has 1 rings (SSSR count). The lowest BCUT2D eigenvalue weighted by Crippen LogP contribution is -2.44. The summed E-state index contributed by atoms with van der Waals surface area (Å²) in [6.07, 6.45) is 3.75. The van der Waals surface area contributed by atoms with Crippen molar-refractivity contribution in [1.29, 1.82) is 0 Å². The van der Waals surface area contributed by atoms with Gasteiger partial charge < -0.3 is 9.64 Å². The zero-order valence-corrected chi connectivity index (χ0v) is 13.8. The molecule has 0 saturated carbocycles. The molecule has 1 heterocycles. The third kappa shape index (κ3) is 4.69. The average Bonchev–Trinajstić information content (AvgIpc) is 2.74. The second-order valence-corrected chi connectivity index (χ2v) is 8.25. The summed E-state index contributed by atoms with van der Waals surface area (Å²) in [7, 11) is -2.48. The third-order valence-corrected chi connectivity index (χ3v) is 6.48. The minimum atomic E-state index is -3.70. The van der Waals surface area contributed by atoms with E-state index in [-0.39, 0.29) is 12.3 Å². The zero-order valence-electron chi connectivity index (χ0n) is 13.0. The fourth-order valence-electron chi connectivity index (χ4n) is 2.47. The first-order valence-corrected chi connectivity index (χ1v) is 9.00. The van der Waals surface area contributed by atoms with E-state index in [1.54, 1.807) is 4.90 Å². The van der Waals surface area contributed by atoms with Crippen LogP contribution in [0.1, 0.15) is 46.0 Å². The van der Waals surface area contributed by atoms with Crippen molar-refractivity contribution in [3.05, 3.63) is 0 Å². The van der Waals surface area contributed by atoms with E-state index in [1.165, 1.54) is 21.0 Å². The van der Waals surface area contributed by atoms with Gasteiger partial charge in [-0.2, -0.15) is 0 Å². The lowest BCUT2D eigenvalue weighted by atomic mass is 10.2. The molecule has 2 unspecified atom stereocenters. The van der Waals surface area contributed by atoms with Gasteiger partial charge >= 0.3 is 5.97 Å². The summed E-state index contributed by atoms with van der Waals surface area (Å²) in [6, 6.07) is 0. The Morgan fingerprint density at radius 1 is 1.10 bits per heavy atom. The van der Waals surface area contributed by atoms with Gasteiger partial charge in [0, 0.05) is 13.1 Å². The normalized spacial score (nSPS) is 19.5. The van der Waals surface area contributed by atoms with Gasteiger partial charge in [-0.05, 0) is 26.7 Å². The number of methoxy groups -OCH3 is 1. The fraction of sp³-hybridized carbons (Fsp3) is 0.857.